The fraction of sp³-hybridized carbons (Fsp3) is 0.0833. The number of hydrogen-bond donors (Lipinski definition) is 1. The van der Waals surface area contributed by atoms with Crippen LogP contribution in [0.5, 0.6) is 0 Å². The lowest BCUT2D eigenvalue weighted by Crippen LogP contribution is -1.80. The molecule has 0 amide bonds. The molecule has 5 nitrogen and oxygen atoms in total. The van der Waals surface area contributed by atoms with Crippen LogP contribution in [-0.2, 0) is 5.75 Å². The zero-order valence-corrected chi connectivity index (χ0v) is 12.5. The Bertz CT molecular complexity index is 710. The lowest BCUT2D eigenvalue weighted by atomic mass is 10.1. The van der Waals surface area contributed by atoms with E-state index >= 15 is 0 Å². The van der Waals surface area contributed by atoms with Crippen molar-refractivity contribution in [3.8, 4) is 11.3 Å². The van der Waals surface area contributed by atoms with Gasteiger partial charge in [0.1, 0.15) is 11.5 Å². The van der Waals surface area contributed by atoms with Crippen LogP contribution in [0.1, 0.15) is 5.76 Å². The van der Waals surface area contributed by atoms with Gasteiger partial charge in [-0.05, 0) is 12.1 Å². The summed E-state index contributed by atoms with van der Waals surface area (Å²) < 4.78 is 6.11. The number of thioether (sulfide) groups is 1. The van der Waals surface area contributed by atoms with E-state index in [-0.39, 0.29) is 0 Å². The van der Waals surface area contributed by atoms with E-state index in [0.29, 0.717) is 15.9 Å². The fourth-order valence-corrected chi connectivity index (χ4v) is 3.19. The van der Waals surface area contributed by atoms with Crippen LogP contribution >= 0.6 is 34.7 Å². The zero-order valence-electron chi connectivity index (χ0n) is 10.1. The molecule has 0 saturated carbocycles. The molecule has 0 atom stereocenters. The van der Waals surface area contributed by atoms with Gasteiger partial charge in [0.05, 0.1) is 5.75 Å². The maximum absolute atomic E-state index is 5.85. The van der Waals surface area contributed by atoms with Crippen LogP contribution in [0.25, 0.3) is 11.3 Å². The minimum atomic E-state index is 0.465. The van der Waals surface area contributed by atoms with Crippen molar-refractivity contribution in [2.24, 2.45) is 0 Å². The van der Waals surface area contributed by atoms with Crippen molar-refractivity contribution in [3.63, 3.8) is 0 Å². The Kier molecular flexibility index (Phi) is 3.90. The van der Waals surface area contributed by atoms with Gasteiger partial charge in [0.2, 0.25) is 5.13 Å². The summed E-state index contributed by atoms with van der Waals surface area (Å²) in [5.74, 6) is 1.41. The molecule has 20 heavy (non-hydrogen) atoms. The Morgan fingerprint density at radius 3 is 2.75 bits per heavy atom. The number of nitrogen functional groups attached to an aromatic ring is 1. The molecule has 0 aliphatic rings. The van der Waals surface area contributed by atoms with Crippen molar-refractivity contribution in [2.45, 2.75) is 10.1 Å². The summed E-state index contributed by atoms with van der Waals surface area (Å²) in [7, 11) is 0. The number of halogens is 1. The first-order valence-electron chi connectivity index (χ1n) is 5.64. The Morgan fingerprint density at radius 2 is 2.05 bits per heavy atom. The highest BCUT2D eigenvalue weighted by Crippen LogP contribution is 2.28. The molecule has 0 radical (unpaired) electrons. The van der Waals surface area contributed by atoms with Gasteiger partial charge in [-0.25, -0.2) is 0 Å². The summed E-state index contributed by atoms with van der Waals surface area (Å²) in [6.45, 7) is 0. The van der Waals surface area contributed by atoms with Crippen LogP contribution in [0.3, 0.4) is 0 Å². The highest BCUT2D eigenvalue weighted by Gasteiger charge is 2.09. The van der Waals surface area contributed by atoms with E-state index in [2.05, 4.69) is 15.4 Å². The molecule has 0 bridgehead atoms. The van der Waals surface area contributed by atoms with Gasteiger partial charge in [0.25, 0.3) is 0 Å². The molecule has 2 heterocycles. The zero-order chi connectivity index (χ0) is 13.9. The third-order valence-corrected chi connectivity index (χ3v) is 4.62. The van der Waals surface area contributed by atoms with Gasteiger partial charge in [-0.3, -0.25) is 0 Å². The summed E-state index contributed by atoms with van der Waals surface area (Å²) in [6, 6.07) is 9.36. The van der Waals surface area contributed by atoms with Crippen LogP contribution in [0.4, 0.5) is 5.13 Å². The normalized spacial score (nSPS) is 10.8. The van der Waals surface area contributed by atoms with E-state index in [4.69, 9.17) is 21.9 Å². The predicted octanol–water partition coefficient (Wildman–Crippen LogP) is 3.72. The first kappa shape index (κ1) is 13.4. The van der Waals surface area contributed by atoms with Gasteiger partial charge in [-0.1, -0.05) is 52.0 Å². The lowest BCUT2D eigenvalue weighted by Gasteiger charge is -1.94. The number of rotatable bonds is 4. The third kappa shape index (κ3) is 3.12. The van der Waals surface area contributed by atoms with Crippen molar-refractivity contribution < 1.29 is 4.52 Å². The highest BCUT2D eigenvalue weighted by atomic mass is 35.5. The summed E-state index contributed by atoms with van der Waals surface area (Å²) in [5, 5.41) is 12.9. The van der Waals surface area contributed by atoms with Crippen molar-refractivity contribution in [2.75, 3.05) is 5.73 Å². The Balaban J connectivity index is 1.69. The van der Waals surface area contributed by atoms with Crippen LogP contribution in [-0.4, -0.2) is 15.4 Å². The van der Waals surface area contributed by atoms with Crippen LogP contribution in [0, 0.1) is 0 Å². The first-order valence-corrected chi connectivity index (χ1v) is 7.82. The molecule has 3 rings (SSSR count). The number of nitrogens with two attached hydrogens (primary N) is 1. The minimum absolute atomic E-state index is 0.465. The average Bonchev–Trinajstić information content (AvgIpc) is 3.06. The SMILES string of the molecule is Nc1nnc(SCc2cc(-c3ccc(Cl)cc3)no2)s1. The standard InChI is InChI=1S/C12H9ClN4OS2/c13-8-3-1-7(2-4-8)10-5-9(18-17-10)6-19-12-16-15-11(14)20-12/h1-5H,6H2,(H2,14,15). The number of hydrogen-bond acceptors (Lipinski definition) is 7. The first-order chi connectivity index (χ1) is 9.70. The molecule has 102 valence electrons. The van der Waals surface area contributed by atoms with E-state index in [0.717, 1.165) is 21.4 Å². The Morgan fingerprint density at radius 1 is 1.25 bits per heavy atom. The van der Waals surface area contributed by atoms with Crippen molar-refractivity contribution >= 4 is 39.8 Å². The van der Waals surface area contributed by atoms with Crippen molar-refractivity contribution in [1.82, 2.24) is 15.4 Å². The van der Waals surface area contributed by atoms with Gasteiger partial charge in [-0.2, -0.15) is 0 Å². The Hall–Kier alpha value is -1.57. The average molecular weight is 325 g/mol. The van der Waals surface area contributed by atoms with E-state index in [1.54, 1.807) is 0 Å². The molecular formula is C12H9ClN4OS2. The number of benzene rings is 1. The molecular weight excluding hydrogens is 316 g/mol. The molecule has 0 unspecified atom stereocenters. The van der Waals surface area contributed by atoms with E-state index < -0.39 is 0 Å². The molecule has 3 aromatic rings. The van der Waals surface area contributed by atoms with Gasteiger partial charge >= 0.3 is 0 Å². The number of anilines is 1. The molecule has 0 fully saturated rings. The molecule has 0 saturated heterocycles. The fourth-order valence-electron chi connectivity index (χ4n) is 1.55. The number of nitrogens with zero attached hydrogens (tertiary/aromatic N) is 3. The van der Waals surface area contributed by atoms with Crippen LogP contribution in [0.2, 0.25) is 5.02 Å². The monoisotopic (exact) mass is 324 g/mol. The summed E-state index contributed by atoms with van der Waals surface area (Å²) in [4.78, 5) is 0. The summed E-state index contributed by atoms with van der Waals surface area (Å²) in [5.41, 5.74) is 7.28. The largest absolute Gasteiger partial charge is 0.374 e. The van der Waals surface area contributed by atoms with Gasteiger partial charge in [0.15, 0.2) is 4.34 Å². The topological polar surface area (TPSA) is 77.8 Å². The summed E-state index contributed by atoms with van der Waals surface area (Å²) in [6.07, 6.45) is 0. The molecule has 0 aliphatic heterocycles. The van der Waals surface area contributed by atoms with Gasteiger partial charge < -0.3 is 10.3 Å². The maximum Gasteiger partial charge on any atom is 0.203 e. The smallest absolute Gasteiger partial charge is 0.203 e. The minimum Gasteiger partial charge on any atom is -0.374 e. The maximum atomic E-state index is 5.85. The molecule has 0 aliphatic carbocycles. The number of aromatic nitrogens is 3. The van der Waals surface area contributed by atoms with E-state index in [9.17, 15) is 0 Å². The molecule has 2 aromatic heterocycles. The van der Waals surface area contributed by atoms with Gasteiger partial charge in [0, 0.05) is 16.7 Å². The Labute approximate surface area is 128 Å². The van der Waals surface area contributed by atoms with Crippen LogP contribution in [0.15, 0.2) is 39.2 Å². The predicted molar refractivity (Wildman–Crippen MR) is 80.8 cm³/mol. The highest BCUT2D eigenvalue weighted by molar-refractivity contribution is 8.00. The van der Waals surface area contributed by atoms with E-state index in [1.807, 2.05) is 30.3 Å². The van der Waals surface area contributed by atoms with Crippen molar-refractivity contribution in [3.05, 3.63) is 41.1 Å². The van der Waals surface area contributed by atoms with Crippen molar-refractivity contribution in [1.29, 1.82) is 0 Å². The molecule has 8 heteroatoms. The molecule has 2 N–H and O–H groups in total. The quantitative estimate of drug-likeness (QED) is 0.737. The molecule has 0 spiro atoms. The van der Waals surface area contributed by atoms with Crippen LogP contribution < -0.4 is 5.73 Å². The second-order valence-electron chi connectivity index (χ2n) is 3.88. The lowest BCUT2D eigenvalue weighted by molar-refractivity contribution is 0.397. The second-order valence-corrected chi connectivity index (χ2v) is 6.55. The second kappa shape index (κ2) is 5.82. The van der Waals surface area contributed by atoms with E-state index in [1.165, 1.54) is 23.1 Å². The van der Waals surface area contributed by atoms with Gasteiger partial charge in [-0.15, -0.1) is 10.2 Å². The molecule has 1 aromatic carbocycles. The summed E-state index contributed by atoms with van der Waals surface area (Å²) >= 11 is 8.72. The third-order valence-electron chi connectivity index (χ3n) is 2.46.